The number of hydrogen-bond donors (Lipinski definition) is 2. The van der Waals surface area contributed by atoms with Crippen molar-refractivity contribution >= 4 is 5.91 Å². The largest absolute Gasteiger partial charge is 0.356 e. The highest BCUT2D eigenvalue weighted by atomic mass is 16.6. The van der Waals surface area contributed by atoms with Crippen LogP contribution < -0.4 is 11.2 Å². The molecule has 0 atom stereocenters. The van der Waals surface area contributed by atoms with Crippen molar-refractivity contribution in [2.24, 2.45) is 5.90 Å². The van der Waals surface area contributed by atoms with Crippen LogP contribution in [0.25, 0.3) is 0 Å². The average molecular weight is 202 g/mol. The number of nitrogens with two attached hydrogens (primary N) is 1. The van der Waals surface area contributed by atoms with E-state index in [0.717, 1.165) is 25.8 Å². The molecule has 14 heavy (non-hydrogen) atoms. The molecule has 0 aromatic heterocycles. The number of nitrogens with one attached hydrogen (secondary N) is 1. The molecule has 0 radical (unpaired) electrons. The third-order valence-electron chi connectivity index (χ3n) is 2.02. The lowest BCUT2D eigenvalue weighted by molar-refractivity contribution is -0.121. The van der Waals surface area contributed by atoms with Gasteiger partial charge in [-0.05, 0) is 19.3 Å². The minimum absolute atomic E-state index is 0.137. The fourth-order valence-electron chi connectivity index (χ4n) is 1.16. The molecule has 4 nitrogen and oxygen atoms in total. The highest BCUT2D eigenvalue weighted by Gasteiger charge is 1.99. The molecule has 84 valence electrons. The van der Waals surface area contributed by atoms with Gasteiger partial charge in [-0.15, -0.1) is 0 Å². The zero-order valence-corrected chi connectivity index (χ0v) is 9.05. The number of carbonyl (C=O) groups is 1. The normalized spacial score (nSPS) is 10.1. The number of unbranched alkanes of at least 4 members (excludes halogenated alkanes) is 3. The van der Waals surface area contributed by atoms with Crippen molar-refractivity contribution in [1.82, 2.24) is 5.32 Å². The highest BCUT2D eigenvalue weighted by Crippen LogP contribution is 1.96. The van der Waals surface area contributed by atoms with Crippen LogP contribution in [0.3, 0.4) is 0 Å². The van der Waals surface area contributed by atoms with E-state index in [2.05, 4.69) is 17.1 Å². The zero-order valence-electron chi connectivity index (χ0n) is 9.05. The molecule has 0 spiro atoms. The average Bonchev–Trinajstić information content (AvgIpc) is 2.19. The Balaban J connectivity index is 3.11. The first-order valence-corrected chi connectivity index (χ1v) is 5.39. The van der Waals surface area contributed by atoms with E-state index in [1.54, 1.807) is 0 Å². The maximum atomic E-state index is 11.2. The molecule has 0 unspecified atom stereocenters. The van der Waals surface area contributed by atoms with E-state index < -0.39 is 0 Å². The van der Waals surface area contributed by atoms with E-state index in [4.69, 9.17) is 5.90 Å². The van der Waals surface area contributed by atoms with Crippen LogP contribution in [0.5, 0.6) is 0 Å². The topological polar surface area (TPSA) is 64.3 Å². The molecule has 0 fully saturated rings. The summed E-state index contributed by atoms with van der Waals surface area (Å²) in [6, 6.07) is 0. The highest BCUT2D eigenvalue weighted by molar-refractivity contribution is 5.75. The third kappa shape index (κ3) is 9.48. The van der Waals surface area contributed by atoms with E-state index in [1.165, 1.54) is 12.8 Å². The van der Waals surface area contributed by atoms with Crippen LogP contribution in [0.4, 0.5) is 0 Å². The molecule has 3 N–H and O–H groups in total. The maximum Gasteiger partial charge on any atom is 0.219 e. The van der Waals surface area contributed by atoms with Crippen molar-refractivity contribution in [2.45, 2.75) is 45.4 Å². The van der Waals surface area contributed by atoms with Crippen LogP contribution in [0.2, 0.25) is 0 Å². The van der Waals surface area contributed by atoms with Crippen LogP contribution in [0.1, 0.15) is 45.4 Å². The van der Waals surface area contributed by atoms with Gasteiger partial charge in [0, 0.05) is 13.0 Å². The quantitative estimate of drug-likeness (QED) is 0.438. The standard InChI is InChI=1S/C10H22N2O2/c1-2-3-5-8-12-10(13)7-4-6-9-14-11/h2-9,11H2,1H3,(H,12,13). The van der Waals surface area contributed by atoms with Crippen LogP contribution >= 0.6 is 0 Å². The number of hydrogen-bond acceptors (Lipinski definition) is 3. The number of rotatable bonds is 9. The van der Waals surface area contributed by atoms with E-state index in [0.29, 0.717) is 13.0 Å². The van der Waals surface area contributed by atoms with Crippen molar-refractivity contribution in [2.75, 3.05) is 13.2 Å². The van der Waals surface area contributed by atoms with Crippen LogP contribution in [0.15, 0.2) is 0 Å². The Labute approximate surface area is 86.1 Å². The Bertz CT molecular complexity index is 126. The Hall–Kier alpha value is -0.610. The van der Waals surface area contributed by atoms with Gasteiger partial charge in [-0.2, -0.15) is 0 Å². The van der Waals surface area contributed by atoms with Crippen molar-refractivity contribution in [3.63, 3.8) is 0 Å². The molecule has 0 saturated carbocycles. The Morgan fingerprint density at radius 2 is 2.07 bits per heavy atom. The second-order valence-corrected chi connectivity index (χ2v) is 3.38. The van der Waals surface area contributed by atoms with Crippen molar-refractivity contribution < 1.29 is 9.63 Å². The monoisotopic (exact) mass is 202 g/mol. The van der Waals surface area contributed by atoms with E-state index in [-0.39, 0.29) is 5.91 Å². The molecule has 0 aromatic carbocycles. The van der Waals surface area contributed by atoms with Gasteiger partial charge in [-0.25, -0.2) is 5.90 Å². The predicted molar refractivity (Wildman–Crippen MR) is 56.5 cm³/mol. The van der Waals surface area contributed by atoms with Gasteiger partial charge >= 0.3 is 0 Å². The molecular weight excluding hydrogens is 180 g/mol. The molecule has 4 heteroatoms. The molecule has 1 amide bonds. The summed E-state index contributed by atoms with van der Waals surface area (Å²) in [5.41, 5.74) is 0. The summed E-state index contributed by atoms with van der Waals surface area (Å²) in [6.07, 6.45) is 5.71. The summed E-state index contributed by atoms with van der Waals surface area (Å²) in [7, 11) is 0. The summed E-state index contributed by atoms with van der Waals surface area (Å²) < 4.78 is 0. The second-order valence-electron chi connectivity index (χ2n) is 3.38. The van der Waals surface area contributed by atoms with Gasteiger partial charge in [0.05, 0.1) is 6.61 Å². The molecule has 0 saturated heterocycles. The lowest BCUT2D eigenvalue weighted by Crippen LogP contribution is -2.24. The van der Waals surface area contributed by atoms with Crippen molar-refractivity contribution in [3.8, 4) is 0 Å². The number of carbonyl (C=O) groups excluding carboxylic acids is 1. The number of amides is 1. The third-order valence-corrected chi connectivity index (χ3v) is 2.02. The van der Waals surface area contributed by atoms with Crippen LogP contribution in [0, 0.1) is 0 Å². The molecular formula is C10H22N2O2. The summed E-state index contributed by atoms with van der Waals surface area (Å²) >= 11 is 0. The lowest BCUT2D eigenvalue weighted by Gasteiger charge is -2.03. The molecule has 0 aliphatic carbocycles. The minimum atomic E-state index is 0.137. The molecule has 0 heterocycles. The Morgan fingerprint density at radius 1 is 1.29 bits per heavy atom. The van der Waals surface area contributed by atoms with Gasteiger partial charge in [0.1, 0.15) is 0 Å². The van der Waals surface area contributed by atoms with Crippen molar-refractivity contribution in [3.05, 3.63) is 0 Å². The predicted octanol–water partition coefficient (Wildman–Crippen LogP) is 1.35. The van der Waals surface area contributed by atoms with E-state index in [1.807, 2.05) is 0 Å². The van der Waals surface area contributed by atoms with E-state index in [9.17, 15) is 4.79 Å². The van der Waals surface area contributed by atoms with Gasteiger partial charge in [0.2, 0.25) is 5.91 Å². The second kappa shape index (κ2) is 10.5. The maximum absolute atomic E-state index is 11.2. The van der Waals surface area contributed by atoms with E-state index >= 15 is 0 Å². The first kappa shape index (κ1) is 13.4. The fourth-order valence-corrected chi connectivity index (χ4v) is 1.16. The van der Waals surface area contributed by atoms with Gasteiger partial charge in [-0.1, -0.05) is 19.8 Å². The van der Waals surface area contributed by atoms with Gasteiger partial charge in [0.15, 0.2) is 0 Å². The summed E-state index contributed by atoms with van der Waals surface area (Å²) in [4.78, 5) is 15.6. The fraction of sp³-hybridized carbons (Fsp3) is 0.900. The molecule has 0 aliphatic heterocycles. The Kier molecular flexibility index (Phi) is 10.0. The first-order valence-electron chi connectivity index (χ1n) is 5.39. The first-order chi connectivity index (χ1) is 6.81. The summed E-state index contributed by atoms with van der Waals surface area (Å²) in [5.74, 6) is 5.00. The molecule has 0 rings (SSSR count). The van der Waals surface area contributed by atoms with Gasteiger partial charge < -0.3 is 10.2 Å². The molecule has 0 aromatic rings. The summed E-state index contributed by atoms with van der Waals surface area (Å²) in [6.45, 7) is 3.48. The summed E-state index contributed by atoms with van der Waals surface area (Å²) in [5, 5.41) is 2.88. The lowest BCUT2D eigenvalue weighted by atomic mass is 10.2. The minimum Gasteiger partial charge on any atom is -0.356 e. The smallest absolute Gasteiger partial charge is 0.219 e. The zero-order chi connectivity index (χ0) is 10.6. The SMILES string of the molecule is CCCCCNC(=O)CCCCON. The van der Waals surface area contributed by atoms with Crippen molar-refractivity contribution in [1.29, 1.82) is 0 Å². The molecule has 0 aliphatic rings. The molecule has 0 bridgehead atoms. The van der Waals surface area contributed by atoms with Crippen LogP contribution in [-0.2, 0) is 9.63 Å². The van der Waals surface area contributed by atoms with Gasteiger partial charge in [-0.3, -0.25) is 4.79 Å². The van der Waals surface area contributed by atoms with Gasteiger partial charge in [0.25, 0.3) is 0 Å². The Morgan fingerprint density at radius 3 is 2.71 bits per heavy atom. The van der Waals surface area contributed by atoms with Crippen LogP contribution in [-0.4, -0.2) is 19.1 Å².